The normalized spacial score (nSPS) is 27.3. The van der Waals surface area contributed by atoms with E-state index in [1.807, 2.05) is 47.7 Å². The zero-order valence-electron chi connectivity index (χ0n) is 38.6. The number of amides is 4. The first kappa shape index (κ1) is 47.4. The number of carbonyl (C=O) groups is 4. The Labute approximate surface area is 383 Å². The van der Waals surface area contributed by atoms with Gasteiger partial charge in [-0.15, -0.1) is 10.2 Å². The highest BCUT2D eigenvalue weighted by molar-refractivity contribution is 7.91. The quantitative estimate of drug-likeness (QED) is 0.187. The molecule has 5 fully saturated rings. The lowest BCUT2D eigenvalue weighted by Crippen LogP contribution is -2.52. The van der Waals surface area contributed by atoms with Crippen LogP contribution in [-0.4, -0.2) is 168 Å². The summed E-state index contributed by atoms with van der Waals surface area (Å²) in [5, 5.41) is 34.0. The molecule has 3 N–H and O–H groups in total. The highest BCUT2D eigenvalue weighted by Gasteiger charge is 2.51. The summed E-state index contributed by atoms with van der Waals surface area (Å²) in [7, 11) is -1.83. The van der Waals surface area contributed by atoms with Gasteiger partial charge in [0.15, 0.2) is 9.84 Å². The van der Waals surface area contributed by atoms with Gasteiger partial charge in [-0.1, -0.05) is 52.0 Å². The Morgan fingerprint density at radius 2 is 1.48 bits per heavy atom. The molecule has 0 bridgehead atoms. The van der Waals surface area contributed by atoms with Crippen LogP contribution in [0, 0.1) is 10.8 Å². The van der Waals surface area contributed by atoms with Crippen LogP contribution in [0.2, 0.25) is 0 Å². The smallest absolute Gasteiger partial charge is 0.248 e. The lowest BCUT2D eigenvalue weighted by atomic mass is 9.85. The third kappa shape index (κ3) is 10.7. The standard InChI is InChI=1S/C43H62N12O10S/c1-42(2,3)36(40(59)52-19-26(56)12-32(52)38(57)45-16-25-15-44-18-35(47-25)63-7)55-22-31(49-51-55)29-14-34(29)65-27-13-33(39(58)46-17-28-23-66(61,62)11-10-64-28)53(20-27)41(60)37(43(4,5)6)54-21-30(48-50-54)24-8-9-24/h15,18,21-22,24,26-29,32-34,36-37,56H,8-14,16-17,19-20,23H2,1-7H3,(H,45,57)(H,46,58)/t26-,27-,28?,29?,32+,33+,34?,36-,37-/m1/s1. The molecule has 6 heterocycles. The largest absolute Gasteiger partial charge is 0.480 e. The molecule has 3 aromatic rings. The molecule has 5 aliphatic rings. The molecule has 2 aliphatic carbocycles. The van der Waals surface area contributed by atoms with Crippen LogP contribution in [0.5, 0.6) is 5.88 Å². The Morgan fingerprint density at radius 1 is 0.864 bits per heavy atom. The van der Waals surface area contributed by atoms with E-state index in [-0.39, 0.29) is 81.0 Å². The number of methoxy groups -OCH3 is 1. The number of rotatable bonds is 15. The predicted octanol–water partition coefficient (Wildman–Crippen LogP) is 0.470. The predicted molar refractivity (Wildman–Crippen MR) is 233 cm³/mol. The number of aromatic nitrogens is 8. The van der Waals surface area contributed by atoms with Crippen LogP contribution in [0.25, 0.3) is 0 Å². The van der Waals surface area contributed by atoms with Crippen molar-refractivity contribution in [3.05, 3.63) is 41.9 Å². The van der Waals surface area contributed by atoms with Gasteiger partial charge in [0.1, 0.15) is 24.2 Å². The van der Waals surface area contributed by atoms with Crippen LogP contribution in [-0.2, 0) is 45.0 Å². The van der Waals surface area contributed by atoms with Crippen LogP contribution in [0.4, 0.5) is 0 Å². The molecule has 2 saturated carbocycles. The topological polar surface area (TPSA) is 268 Å². The van der Waals surface area contributed by atoms with E-state index in [2.05, 4.69) is 41.2 Å². The fourth-order valence-electron chi connectivity index (χ4n) is 9.29. The van der Waals surface area contributed by atoms with E-state index in [9.17, 15) is 32.7 Å². The van der Waals surface area contributed by atoms with Gasteiger partial charge < -0.3 is 39.8 Å². The number of likely N-dealkylation sites (tertiary alicyclic amines) is 2. The third-order valence-electron chi connectivity index (χ3n) is 12.9. The number of hydrogen-bond acceptors (Lipinski definition) is 16. The van der Waals surface area contributed by atoms with Gasteiger partial charge in [0.25, 0.3) is 0 Å². The fraction of sp³-hybridized carbons (Fsp3) is 0.721. The molecular weight excluding hydrogens is 877 g/mol. The molecule has 3 aliphatic heterocycles. The summed E-state index contributed by atoms with van der Waals surface area (Å²) in [5.74, 6) is -1.39. The van der Waals surface area contributed by atoms with Crippen LogP contribution >= 0.6 is 0 Å². The fourth-order valence-corrected chi connectivity index (χ4v) is 10.6. The molecule has 3 saturated heterocycles. The lowest BCUT2D eigenvalue weighted by Gasteiger charge is -2.34. The molecule has 0 spiro atoms. The first-order chi connectivity index (χ1) is 31.2. The second kappa shape index (κ2) is 18.5. The van der Waals surface area contributed by atoms with Crippen molar-refractivity contribution >= 4 is 33.5 Å². The Bertz CT molecular complexity index is 2390. The Kier molecular flexibility index (Phi) is 13.3. The number of nitrogens with zero attached hydrogens (tertiary/aromatic N) is 10. The number of β-amino-alcohol motifs (C(OH)–C–C–N with tert-alkyl or cyclic N) is 1. The molecule has 22 nitrogen and oxygen atoms in total. The van der Waals surface area contributed by atoms with Crippen LogP contribution < -0.4 is 15.4 Å². The molecule has 23 heteroatoms. The van der Waals surface area contributed by atoms with Crippen molar-refractivity contribution < 1.29 is 46.9 Å². The van der Waals surface area contributed by atoms with Crippen LogP contribution in [0.1, 0.15) is 115 Å². The third-order valence-corrected chi connectivity index (χ3v) is 14.6. The van der Waals surface area contributed by atoms with Crippen molar-refractivity contribution in [3.8, 4) is 5.88 Å². The molecule has 66 heavy (non-hydrogen) atoms. The van der Waals surface area contributed by atoms with E-state index < -0.39 is 75.0 Å². The van der Waals surface area contributed by atoms with Crippen molar-refractivity contribution in [1.29, 1.82) is 0 Å². The average molecular weight is 939 g/mol. The summed E-state index contributed by atoms with van der Waals surface area (Å²) in [6.07, 6.45) is 6.96. The number of nitrogens with one attached hydrogen (secondary N) is 2. The monoisotopic (exact) mass is 938 g/mol. The van der Waals surface area contributed by atoms with Crippen LogP contribution in [0.15, 0.2) is 24.8 Å². The zero-order chi connectivity index (χ0) is 47.3. The minimum absolute atomic E-state index is 0.0246. The summed E-state index contributed by atoms with van der Waals surface area (Å²) in [5.41, 5.74) is 0.616. The average Bonchev–Trinajstić information content (AvgIpc) is 3.96. The molecular formula is C43H62N12O10S. The number of sulfone groups is 1. The molecule has 3 aromatic heterocycles. The van der Waals surface area contributed by atoms with Gasteiger partial charge in [-0.05, 0) is 30.1 Å². The maximum absolute atomic E-state index is 14.7. The number of aliphatic hydroxyl groups is 1. The zero-order valence-corrected chi connectivity index (χ0v) is 39.4. The number of aliphatic hydroxyl groups excluding tert-OH is 1. The van der Waals surface area contributed by atoms with E-state index in [1.165, 1.54) is 29.1 Å². The first-order valence-corrected chi connectivity index (χ1v) is 24.5. The summed E-state index contributed by atoms with van der Waals surface area (Å²) in [6, 6.07) is -3.50. The Morgan fingerprint density at radius 3 is 2.12 bits per heavy atom. The minimum atomic E-state index is -3.30. The maximum Gasteiger partial charge on any atom is 0.248 e. The van der Waals surface area contributed by atoms with Gasteiger partial charge in [-0.25, -0.2) is 22.8 Å². The second-order valence-corrected chi connectivity index (χ2v) is 22.7. The molecule has 4 amide bonds. The Balaban J connectivity index is 0.948. The second-order valence-electron chi connectivity index (χ2n) is 20.5. The minimum Gasteiger partial charge on any atom is -0.480 e. The number of hydrogen-bond donors (Lipinski definition) is 3. The molecule has 0 radical (unpaired) electrons. The summed E-state index contributed by atoms with van der Waals surface area (Å²) < 4.78 is 45.1. The van der Waals surface area contributed by atoms with E-state index >= 15 is 0 Å². The van der Waals surface area contributed by atoms with E-state index in [0.29, 0.717) is 29.6 Å². The van der Waals surface area contributed by atoms with Gasteiger partial charge in [0, 0.05) is 56.7 Å². The summed E-state index contributed by atoms with van der Waals surface area (Å²) >= 11 is 0. The molecule has 0 aromatic carbocycles. The van der Waals surface area contributed by atoms with Crippen molar-refractivity contribution in [2.24, 2.45) is 10.8 Å². The van der Waals surface area contributed by atoms with E-state index in [4.69, 9.17) is 14.2 Å². The maximum atomic E-state index is 14.7. The van der Waals surface area contributed by atoms with E-state index in [0.717, 1.165) is 18.5 Å². The van der Waals surface area contributed by atoms with Gasteiger partial charge in [-0.2, -0.15) is 0 Å². The first-order valence-electron chi connectivity index (χ1n) is 22.7. The number of carbonyl (C=O) groups excluding carboxylic acids is 4. The highest BCUT2D eigenvalue weighted by Crippen LogP contribution is 2.46. The molecule has 8 rings (SSSR count). The SMILES string of the molecule is COc1cncc(CNC(=O)[C@@H]2C[C@@H](O)CN2C(=O)[C@@H](n2cc(C3CC3O[C@@H]3C[C@@H](C(=O)NCC4CS(=O)(=O)CCO4)N(C(=O)[C@@H](n4cc(C5CC5)nn4)C(C)(C)C)C3)nn2)C(C)(C)C)n1. The van der Waals surface area contributed by atoms with Gasteiger partial charge in [-0.3, -0.25) is 24.2 Å². The van der Waals surface area contributed by atoms with Gasteiger partial charge in [0.05, 0.1) is 85.7 Å². The van der Waals surface area contributed by atoms with Crippen molar-refractivity contribution in [1.82, 2.24) is 60.4 Å². The summed E-state index contributed by atoms with van der Waals surface area (Å²) in [6.45, 7) is 11.7. The van der Waals surface area contributed by atoms with Crippen molar-refractivity contribution in [2.75, 3.05) is 44.9 Å². The molecule has 360 valence electrons. The van der Waals surface area contributed by atoms with Crippen molar-refractivity contribution in [3.63, 3.8) is 0 Å². The summed E-state index contributed by atoms with van der Waals surface area (Å²) in [4.78, 5) is 68.0. The van der Waals surface area contributed by atoms with Gasteiger partial charge >= 0.3 is 0 Å². The molecule has 3 unspecified atom stereocenters. The van der Waals surface area contributed by atoms with E-state index in [1.54, 1.807) is 15.8 Å². The highest BCUT2D eigenvalue weighted by atomic mass is 32.2. The van der Waals surface area contributed by atoms with Crippen LogP contribution in [0.3, 0.4) is 0 Å². The van der Waals surface area contributed by atoms with Gasteiger partial charge in [0.2, 0.25) is 29.5 Å². The molecule has 9 atom stereocenters. The van der Waals surface area contributed by atoms with Crippen molar-refractivity contribution in [2.45, 2.75) is 141 Å². The Hall–Kier alpha value is -5.13. The lowest BCUT2D eigenvalue weighted by molar-refractivity contribution is -0.144. The number of ether oxygens (including phenoxy) is 3.